The number of carbonyl (C=O) groups is 2. The van der Waals surface area contributed by atoms with E-state index in [1.54, 1.807) is 11.0 Å². The molecule has 1 unspecified atom stereocenters. The number of rotatable bonds is 7. The average molecular weight is 489 g/mol. The van der Waals surface area contributed by atoms with Crippen molar-refractivity contribution in [2.75, 3.05) is 39.3 Å². The Morgan fingerprint density at radius 3 is 2.65 bits per heavy atom. The van der Waals surface area contributed by atoms with Crippen LogP contribution >= 0.6 is 0 Å². The second kappa shape index (κ2) is 9.51. The van der Waals surface area contributed by atoms with Crippen molar-refractivity contribution < 1.29 is 27.5 Å². The number of nitrogens with zero attached hydrogens (tertiary/aromatic N) is 2. The fourth-order valence-electron chi connectivity index (χ4n) is 4.02. The third-order valence-electron chi connectivity index (χ3n) is 5.98. The van der Waals surface area contributed by atoms with Crippen LogP contribution in [0.2, 0.25) is 0 Å². The third-order valence-corrected chi connectivity index (χ3v) is 7.77. The van der Waals surface area contributed by atoms with Gasteiger partial charge in [-0.1, -0.05) is 6.07 Å². The maximum atomic E-state index is 13.3. The van der Waals surface area contributed by atoms with Crippen LogP contribution in [0.25, 0.3) is 0 Å². The van der Waals surface area contributed by atoms with Gasteiger partial charge in [-0.15, -0.1) is 0 Å². The summed E-state index contributed by atoms with van der Waals surface area (Å²) < 4.78 is 37.6. The first-order valence-electron chi connectivity index (χ1n) is 10.9. The van der Waals surface area contributed by atoms with Crippen LogP contribution in [0, 0.1) is 5.92 Å². The molecule has 0 bridgehead atoms. The lowest BCUT2D eigenvalue weighted by atomic mass is 9.97. The van der Waals surface area contributed by atoms with Crippen molar-refractivity contribution >= 4 is 27.5 Å². The van der Waals surface area contributed by atoms with Gasteiger partial charge in [0, 0.05) is 45.0 Å². The number of ether oxygens (including phenoxy) is 2. The molecule has 1 fully saturated rings. The molecule has 0 spiro atoms. The molecule has 2 aliphatic rings. The lowest BCUT2D eigenvalue weighted by Gasteiger charge is -2.31. The highest BCUT2D eigenvalue weighted by molar-refractivity contribution is 7.89. The molecule has 34 heavy (non-hydrogen) atoms. The Morgan fingerprint density at radius 2 is 1.91 bits per heavy atom. The van der Waals surface area contributed by atoms with Crippen molar-refractivity contribution in [2.24, 2.45) is 11.7 Å². The van der Waals surface area contributed by atoms with E-state index >= 15 is 0 Å². The number of fused-ring (bicyclic) bond motifs is 1. The Balaban J connectivity index is 1.61. The number of likely N-dealkylation sites (tertiary alicyclic amines) is 1. The van der Waals surface area contributed by atoms with Crippen LogP contribution in [0.1, 0.15) is 28.8 Å². The number of amides is 2. The molecule has 2 aromatic rings. The van der Waals surface area contributed by atoms with Gasteiger partial charge in [-0.3, -0.25) is 9.59 Å². The van der Waals surface area contributed by atoms with Crippen molar-refractivity contribution in [2.45, 2.75) is 24.3 Å². The van der Waals surface area contributed by atoms with Crippen molar-refractivity contribution in [3.63, 3.8) is 0 Å². The van der Waals surface area contributed by atoms with Crippen LogP contribution in [0.15, 0.2) is 41.3 Å². The molecule has 3 N–H and O–H groups in total. The summed E-state index contributed by atoms with van der Waals surface area (Å²) in [5.74, 6) is 0.134. The molecule has 1 atom stereocenters. The highest BCUT2D eigenvalue weighted by atomic mass is 32.2. The monoisotopic (exact) mass is 488 g/mol. The number of piperidine rings is 1. The largest absolute Gasteiger partial charge is 0.454 e. The summed E-state index contributed by atoms with van der Waals surface area (Å²) >= 11 is 0. The second-order valence-corrected chi connectivity index (χ2v) is 10.7. The Hall–Kier alpha value is -3.31. The molecule has 2 heterocycles. The van der Waals surface area contributed by atoms with Gasteiger partial charge < -0.3 is 25.4 Å². The Labute approximate surface area is 198 Å². The van der Waals surface area contributed by atoms with Gasteiger partial charge in [0.2, 0.25) is 22.7 Å². The van der Waals surface area contributed by atoms with Gasteiger partial charge in [0.1, 0.15) is 0 Å². The minimum absolute atomic E-state index is 0.00000244. The number of hydrogen-bond acceptors (Lipinski definition) is 7. The molecule has 0 saturated carbocycles. The smallest absolute Gasteiger partial charge is 0.253 e. The lowest BCUT2D eigenvalue weighted by molar-refractivity contribution is -0.123. The number of carbonyl (C=O) groups excluding carboxylic acids is 2. The topological polar surface area (TPSA) is 131 Å². The van der Waals surface area contributed by atoms with Gasteiger partial charge in [-0.25, -0.2) is 12.7 Å². The van der Waals surface area contributed by atoms with Crippen LogP contribution in [-0.4, -0.2) is 63.4 Å². The van der Waals surface area contributed by atoms with Crippen LogP contribution in [-0.2, 0) is 21.4 Å². The highest BCUT2D eigenvalue weighted by Crippen LogP contribution is 2.33. The van der Waals surface area contributed by atoms with Crippen molar-refractivity contribution in [1.82, 2.24) is 9.21 Å². The normalized spacial score (nSPS) is 17.6. The Kier molecular flexibility index (Phi) is 6.67. The van der Waals surface area contributed by atoms with Crippen LogP contribution in [0.3, 0.4) is 0 Å². The van der Waals surface area contributed by atoms with E-state index in [-0.39, 0.29) is 29.7 Å². The van der Waals surface area contributed by atoms with Gasteiger partial charge in [-0.05, 0) is 48.7 Å². The summed E-state index contributed by atoms with van der Waals surface area (Å²) in [6, 6.07) is 10.0. The summed E-state index contributed by atoms with van der Waals surface area (Å²) in [6.45, 7) is 1.25. The predicted molar refractivity (Wildman–Crippen MR) is 125 cm³/mol. The van der Waals surface area contributed by atoms with E-state index in [4.69, 9.17) is 15.2 Å². The van der Waals surface area contributed by atoms with E-state index in [1.165, 1.54) is 26.2 Å². The maximum Gasteiger partial charge on any atom is 0.253 e. The lowest BCUT2D eigenvalue weighted by Crippen LogP contribution is -2.44. The zero-order chi connectivity index (χ0) is 24.5. The quantitative estimate of drug-likeness (QED) is 0.605. The van der Waals surface area contributed by atoms with Gasteiger partial charge in [0.15, 0.2) is 11.5 Å². The van der Waals surface area contributed by atoms with Crippen molar-refractivity contribution in [3.05, 3.63) is 47.5 Å². The average Bonchev–Trinajstić information content (AvgIpc) is 3.30. The Morgan fingerprint density at radius 1 is 1.15 bits per heavy atom. The number of benzene rings is 2. The van der Waals surface area contributed by atoms with Crippen molar-refractivity contribution in [3.8, 4) is 11.5 Å². The molecule has 0 radical (unpaired) electrons. The van der Waals surface area contributed by atoms with E-state index in [0.717, 1.165) is 9.87 Å². The van der Waals surface area contributed by atoms with Crippen LogP contribution in [0.5, 0.6) is 11.5 Å². The molecular weight excluding hydrogens is 460 g/mol. The molecule has 0 aliphatic carbocycles. The molecule has 2 amide bonds. The summed E-state index contributed by atoms with van der Waals surface area (Å²) in [6.07, 6.45) is 1.29. The zero-order valence-electron chi connectivity index (χ0n) is 19.1. The predicted octanol–water partition coefficient (Wildman–Crippen LogP) is 1.62. The summed E-state index contributed by atoms with van der Waals surface area (Å²) in [4.78, 5) is 26.5. The SMILES string of the molecule is CN(C)S(=O)(=O)c1cc(NCc2ccc3c(c2)OCO3)cc(C(=O)N2CCCC(C(N)=O)C2)c1. The molecule has 0 aromatic heterocycles. The van der Waals surface area contributed by atoms with Gasteiger partial charge in [-0.2, -0.15) is 0 Å². The van der Waals surface area contributed by atoms with Crippen molar-refractivity contribution in [1.29, 1.82) is 0 Å². The Bertz CT molecular complexity index is 1210. The molecule has 10 nitrogen and oxygen atoms in total. The first-order valence-corrected chi connectivity index (χ1v) is 12.4. The summed E-state index contributed by atoms with van der Waals surface area (Å²) in [7, 11) is -0.917. The minimum Gasteiger partial charge on any atom is -0.454 e. The fraction of sp³-hybridized carbons (Fsp3) is 0.391. The van der Waals surface area contributed by atoms with Crippen LogP contribution < -0.4 is 20.5 Å². The van der Waals surface area contributed by atoms with E-state index in [2.05, 4.69) is 5.32 Å². The number of anilines is 1. The molecule has 2 aromatic carbocycles. The standard InChI is InChI=1S/C23H28N4O6S/c1-26(2)34(30,31)19-10-17(23(29)27-7-3-4-16(13-27)22(24)28)9-18(11-19)25-12-15-5-6-20-21(8-15)33-14-32-20/h5-6,8-11,16,25H,3-4,7,12-14H2,1-2H3,(H2,24,28). The van der Waals surface area contributed by atoms with Gasteiger partial charge in [0.25, 0.3) is 5.91 Å². The molecule has 4 rings (SSSR count). The van der Waals surface area contributed by atoms with Gasteiger partial charge in [0.05, 0.1) is 10.8 Å². The van der Waals surface area contributed by atoms with Gasteiger partial charge >= 0.3 is 0 Å². The molecule has 11 heteroatoms. The number of nitrogens with one attached hydrogen (secondary N) is 1. The number of hydrogen-bond donors (Lipinski definition) is 2. The summed E-state index contributed by atoms with van der Waals surface area (Å²) in [5.41, 5.74) is 7.05. The molecule has 182 valence electrons. The second-order valence-electron chi connectivity index (χ2n) is 8.57. The first-order chi connectivity index (χ1) is 16.1. The highest BCUT2D eigenvalue weighted by Gasteiger charge is 2.29. The van der Waals surface area contributed by atoms with E-state index in [9.17, 15) is 18.0 Å². The van der Waals surface area contributed by atoms with E-state index in [0.29, 0.717) is 43.1 Å². The summed E-state index contributed by atoms with van der Waals surface area (Å²) in [5, 5.41) is 3.20. The number of sulfonamides is 1. The third kappa shape index (κ3) is 4.95. The van der Waals surface area contributed by atoms with E-state index < -0.39 is 21.8 Å². The molecule has 2 aliphatic heterocycles. The molecular formula is C23H28N4O6S. The fourth-order valence-corrected chi connectivity index (χ4v) is 4.99. The number of nitrogens with two attached hydrogens (primary N) is 1. The minimum atomic E-state index is -3.79. The maximum absolute atomic E-state index is 13.3. The molecule has 1 saturated heterocycles. The first kappa shape index (κ1) is 23.8. The zero-order valence-corrected chi connectivity index (χ0v) is 19.9. The number of primary amides is 1. The van der Waals surface area contributed by atoms with E-state index in [1.807, 2.05) is 18.2 Å². The van der Waals surface area contributed by atoms with Crippen LogP contribution in [0.4, 0.5) is 5.69 Å².